The molecule has 0 aromatic heterocycles. The molecule has 122 valence electrons. The van der Waals surface area contributed by atoms with E-state index in [1.807, 2.05) is 0 Å². The Morgan fingerprint density at radius 2 is 1.95 bits per heavy atom. The van der Waals surface area contributed by atoms with E-state index in [0.717, 1.165) is 25.3 Å². The highest BCUT2D eigenvalue weighted by Gasteiger charge is 2.21. The summed E-state index contributed by atoms with van der Waals surface area (Å²) in [5.74, 6) is 0.566. The third-order valence-electron chi connectivity index (χ3n) is 3.99. The van der Waals surface area contributed by atoms with Crippen LogP contribution in [0.3, 0.4) is 0 Å². The lowest BCUT2D eigenvalue weighted by Gasteiger charge is -2.21. The maximum Gasteiger partial charge on any atom is 0.289 e. The van der Waals surface area contributed by atoms with Crippen molar-refractivity contribution in [2.24, 2.45) is 5.92 Å². The number of benzene rings is 1. The summed E-state index contributed by atoms with van der Waals surface area (Å²) in [6.07, 6.45) is 6.77. The second-order valence-electron chi connectivity index (χ2n) is 5.56. The Morgan fingerprint density at radius 3 is 2.59 bits per heavy atom. The molecule has 1 aliphatic rings. The molecule has 0 heterocycles. The summed E-state index contributed by atoms with van der Waals surface area (Å²) < 4.78 is 26.9. The lowest BCUT2D eigenvalue weighted by Crippen LogP contribution is -2.26. The Morgan fingerprint density at radius 1 is 1.27 bits per heavy atom. The lowest BCUT2D eigenvalue weighted by atomic mass is 9.87. The number of hydrogen-bond acceptors (Lipinski definition) is 4. The second-order valence-corrected chi connectivity index (χ2v) is 7.73. The molecule has 0 spiro atoms. The van der Waals surface area contributed by atoms with Gasteiger partial charge in [-0.05, 0) is 24.5 Å². The van der Waals surface area contributed by atoms with Gasteiger partial charge in [-0.2, -0.15) is 0 Å². The van der Waals surface area contributed by atoms with E-state index < -0.39 is 20.6 Å². The average Bonchev–Trinajstić information content (AvgIpc) is 2.48. The molecule has 0 bridgehead atoms. The first-order valence-corrected chi connectivity index (χ1v) is 9.20. The van der Waals surface area contributed by atoms with Gasteiger partial charge in [0.2, 0.25) is 10.0 Å². The normalized spacial score (nSPS) is 16.6. The van der Waals surface area contributed by atoms with Gasteiger partial charge in [0.25, 0.3) is 5.69 Å². The van der Waals surface area contributed by atoms with E-state index in [1.165, 1.54) is 31.4 Å². The third kappa shape index (κ3) is 4.41. The van der Waals surface area contributed by atoms with Gasteiger partial charge in [-0.3, -0.25) is 10.1 Å². The van der Waals surface area contributed by atoms with Crippen LogP contribution in [0.5, 0.6) is 0 Å². The molecule has 2 rings (SSSR count). The minimum Gasteiger partial charge on any atom is -0.258 e. The standard InChI is InChI=1S/C14H19ClN2O4S/c15-13-7-6-12(10-14(13)17(18)19)22(20,21)16-9-8-11-4-2-1-3-5-11/h6-7,10-11,16H,1-5,8-9H2. The van der Waals surface area contributed by atoms with Gasteiger partial charge in [-0.15, -0.1) is 0 Å². The Bertz CT molecular complexity index is 642. The van der Waals surface area contributed by atoms with Gasteiger partial charge in [-0.1, -0.05) is 43.7 Å². The molecule has 8 heteroatoms. The quantitative estimate of drug-likeness (QED) is 0.630. The molecule has 0 unspecified atom stereocenters. The smallest absolute Gasteiger partial charge is 0.258 e. The molecule has 6 nitrogen and oxygen atoms in total. The lowest BCUT2D eigenvalue weighted by molar-refractivity contribution is -0.384. The fourth-order valence-electron chi connectivity index (χ4n) is 2.76. The van der Waals surface area contributed by atoms with E-state index in [1.54, 1.807) is 0 Å². The van der Waals surface area contributed by atoms with Crippen molar-refractivity contribution < 1.29 is 13.3 Å². The van der Waals surface area contributed by atoms with E-state index in [0.29, 0.717) is 12.5 Å². The predicted octanol–water partition coefficient (Wildman–Crippen LogP) is 3.50. The number of rotatable bonds is 6. The zero-order chi connectivity index (χ0) is 16.2. The molecule has 0 aliphatic heterocycles. The van der Waals surface area contributed by atoms with E-state index in [4.69, 9.17) is 11.6 Å². The van der Waals surface area contributed by atoms with Crippen LogP contribution < -0.4 is 4.72 Å². The zero-order valence-electron chi connectivity index (χ0n) is 12.1. The van der Waals surface area contributed by atoms with Crippen LogP contribution in [-0.2, 0) is 10.0 Å². The van der Waals surface area contributed by atoms with Crippen molar-refractivity contribution in [2.75, 3.05) is 6.54 Å². The topological polar surface area (TPSA) is 89.3 Å². The van der Waals surface area contributed by atoms with Crippen LogP contribution in [0.1, 0.15) is 38.5 Å². The number of nitrogens with zero attached hydrogens (tertiary/aromatic N) is 1. The molecule has 22 heavy (non-hydrogen) atoms. The van der Waals surface area contributed by atoms with Crippen LogP contribution in [0, 0.1) is 16.0 Å². The van der Waals surface area contributed by atoms with E-state index in [2.05, 4.69) is 4.72 Å². The predicted molar refractivity (Wildman–Crippen MR) is 84.5 cm³/mol. The average molecular weight is 347 g/mol. The largest absolute Gasteiger partial charge is 0.289 e. The molecular formula is C14H19ClN2O4S. The Balaban J connectivity index is 2.00. The summed E-state index contributed by atoms with van der Waals surface area (Å²) in [4.78, 5) is 10.0. The first kappa shape index (κ1) is 17.2. The Labute approximate surface area is 135 Å². The molecule has 0 saturated heterocycles. The Kier molecular flexibility index (Phi) is 5.77. The van der Waals surface area contributed by atoms with Crippen LogP contribution in [-0.4, -0.2) is 19.9 Å². The van der Waals surface area contributed by atoms with Gasteiger partial charge in [0.05, 0.1) is 9.82 Å². The highest BCUT2D eigenvalue weighted by atomic mass is 35.5. The van der Waals surface area contributed by atoms with Crippen molar-refractivity contribution in [1.29, 1.82) is 0 Å². The number of sulfonamides is 1. The SMILES string of the molecule is O=[N+]([O-])c1cc(S(=O)(=O)NCCC2CCCCC2)ccc1Cl. The van der Waals surface area contributed by atoms with Crippen molar-refractivity contribution in [3.63, 3.8) is 0 Å². The molecule has 1 aliphatic carbocycles. The zero-order valence-corrected chi connectivity index (χ0v) is 13.7. The summed E-state index contributed by atoms with van der Waals surface area (Å²) in [6.45, 7) is 0.351. The van der Waals surface area contributed by atoms with E-state index in [9.17, 15) is 18.5 Å². The summed E-state index contributed by atoms with van der Waals surface area (Å²) in [5, 5.41) is 10.7. The first-order valence-electron chi connectivity index (χ1n) is 7.34. The minimum absolute atomic E-state index is 0.0776. The molecule has 0 amide bonds. The molecule has 1 saturated carbocycles. The first-order chi connectivity index (χ1) is 10.4. The number of nitrogens with one attached hydrogen (secondary N) is 1. The minimum atomic E-state index is -3.75. The van der Waals surface area contributed by atoms with Gasteiger partial charge in [-0.25, -0.2) is 13.1 Å². The molecule has 1 aromatic rings. The maximum atomic E-state index is 12.2. The van der Waals surface area contributed by atoms with E-state index >= 15 is 0 Å². The van der Waals surface area contributed by atoms with Crippen LogP contribution in [0.2, 0.25) is 5.02 Å². The molecule has 1 fully saturated rings. The van der Waals surface area contributed by atoms with Gasteiger partial charge >= 0.3 is 0 Å². The molecule has 1 aromatic carbocycles. The van der Waals surface area contributed by atoms with Crippen LogP contribution in [0.15, 0.2) is 23.1 Å². The summed E-state index contributed by atoms with van der Waals surface area (Å²) >= 11 is 5.69. The van der Waals surface area contributed by atoms with Gasteiger partial charge in [0.1, 0.15) is 5.02 Å². The van der Waals surface area contributed by atoms with Gasteiger partial charge in [0.15, 0.2) is 0 Å². The van der Waals surface area contributed by atoms with Crippen LogP contribution in [0.25, 0.3) is 0 Å². The molecule has 0 atom stereocenters. The fourth-order valence-corrected chi connectivity index (χ4v) is 4.01. The van der Waals surface area contributed by atoms with Crippen molar-refractivity contribution in [1.82, 2.24) is 4.72 Å². The monoisotopic (exact) mass is 346 g/mol. The van der Waals surface area contributed by atoms with Crippen molar-refractivity contribution in [2.45, 2.75) is 43.4 Å². The summed E-state index contributed by atoms with van der Waals surface area (Å²) in [7, 11) is -3.75. The molecular weight excluding hydrogens is 328 g/mol. The van der Waals surface area contributed by atoms with Crippen molar-refractivity contribution in [3.05, 3.63) is 33.3 Å². The highest BCUT2D eigenvalue weighted by molar-refractivity contribution is 7.89. The number of hydrogen-bond donors (Lipinski definition) is 1. The third-order valence-corrected chi connectivity index (χ3v) is 5.77. The summed E-state index contributed by atoms with van der Waals surface area (Å²) in [6, 6.07) is 3.50. The van der Waals surface area contributed by atoms with E-state index in [-0.39, 0.29) is 9.92 Å². The molecule has 0 radical (unpaired) electrons. The maximum absolute atomic E-state index is 12.2. The number of halogens is 1. The van der Waals surface area contributed by atoms with Crippen molar-refractivity contribution >= 4 is 27.3 Å². The fraction of sp³-hybridized carbons (Fsp3) is 0.571. The number of nitro groups is 1. The van der Waals surface area contributed by atoms with Crippen molar-refractivity contribution in [3.8, 4) is 0 Å². The molecule has 1 N–H and O–H groups in total. The van der Waals surface area contributed by atoms with Gasteiger partial charge < -0.3 is 0 Å². The second kappa shape index (κ2) is 7.39. The van der Waals surface area contributed by atoms with Crippen LogP contribution >= 0.6 is 11.6 Å². The van der Waals surface area contributed by atoms with Crippen LogP contribution in [0.4, 0.5) is 5.69 Å². The van der Waals surface area contributed by atoms with Gasteiger partial charge in [0, 0.05) is 12.6 Å². The number of nitro benzene ring substituents is 1. The summed E-state index contributed by atoms with van der Waals surface area (Å²) in [5.41, 5.74) is -0.406. The highest BCUT2D eigenvalue weighted by Crippen LogP contribution is 2.28. The Hall–Kier alpha value is -1.18.